The summed E-state index contributed by atoms with van der Waals surface area (Å²) in [6.07, 6.45) is 0.146. The van der Waals surface area contributed by atoms with E-state index in [9.17, 15) is 15.2 Å². The zero-order chi connectivity index (χ0) is 19.9. The SMILES string of the molecule is COc1ccc(C2CC(=O)N3C(=C2C#N)SCC3(O)c2ccc(C)cc2)cc1. The third-order valence-electron chi connectivity index (χ3n) is 5.34. The van der Waals surface area contributed by atoms with Crippen molar-refractivity contribution in [1.29, 1.82) is 5.26 Å². The van der Waals surface area contributed by atoms with E-state index in [2.05, 4.69) is 6.07 Å². The summed E-state index contributed by atoms with van der Waals surface area (Å²) < 4.78 is 5.20. The lowest BCUT2D eigenvalue weighted by Gasteiger charge is -2.38. The first kappa shape index (κ1) is 18.6. The van der Waals surface area contributed by atoms with E-state index in [0.717, 1.165) is 16.9 Å². The number of aliphatic hydroxyl groups is 1. The minimum Gasteiger partial charge on any atom is -0.497 e. The first-order valence-corrected chi connectivity index (χ1v) is 10.00. The van der Waals surface area contributed by atoms with Crippen LogP contribution >= 0.6 is 11.8 Å². The minimum atomic E-state index is -1.43. The van der Waals surface area contributed by atoms with Gasteiger partial charge in [-0.3, -0.25) is 9.69 Å². The van der Waals surface area contributed by atoms with Crippen molar-refractivity contribution in [2.45, 2.75) is 25.0 Å². The van der Waals surface area contributed by atoms with Crippen molar-refractivity contribution in [1.82, 2.24) is 4.90 Å². The average Bonchev–Trinajstić information content (AvgIpc) is 3.07. The summed E-state index contributed by atoms with van der Waals surface area (Å²) >= 11 is 1.36. The van der Waals surface area contributed by atoms with Gasteiger partial charge in [0.15, 0.2) is 5.72 Å². The lowest BCUT2D eigenvalue weighted by Crippen LogP contribution is -2.48. The first-order valence-electron chi connectivity index (χ1n) is 9.01. The van der Waals surface area contributed by atoms with E-state index in [0.29, 0.717) is 21.9 Å². The van der Waals surface area contributed by atoms with Crippen LogP contribution in [0.3, 0.4) is 0 Å². The van der Waals surface area contributed by atoms with Gasteiger partial charge in [-0.15, -0.1) is 11.8 Å². The molecule has 0 radical (unpaired) electrons. The van der Waals surface area contributed by atoms with E-state index in [-0.39, 0.29) is 18.2 Å². The van der Waals surface area contributed by atoms with E-state index in [1.54, 1.807) is 7.11 Å². The molecule has 4 rings (SSSR count). The summed E-state index contributed by atoms with van der Waals surface area (Å²) in [5.41, 5.74) is 1.73. The highest BCUT2D eigenvalue weighted by atomic mass is 32.2. The number of ether oxygens (including phenoxy) is 1. The summed E-state index contributed by atoms with van der Waals surface area (Å²) in [7, 11) is 1.60. The Kier molecular flexibility index (Phi) is 4.66. The first-order chi connectivity index (χ1) is 13.5. The molecule has 0 saturated carbocycles. The predicted octanol–water partition coefficient (Wildman–Crippen LogP) is 3.65. The van der Waals surface area contributed by atoms with Crippen LogP contribution < -0.4 is 4.74 Å². The largest absolute Gasteiger partial charge is 0.497 e. The molecule has 0 spiro atoms. The molecule has 2 aliphatic rings. The van der Waals surface area contributed by atoms with Crippen LogP contribution in [0.1, 0.15) is 29.0 Å². The van der Waals surface area contributed by atoms with Gasteiger partial charge in [-0.25, -0.2) is 0 Å². The van der Waals surface area contributed by atoms with Crippen LogP contribution in [0.5, 0.6) is 5.75 Å². The molecule has 6 heteroatoms. The Balaban J connectivity index is 1.77. The molecule has 2 aromatic carbocycles. The maximum absolute atomic E-state index is 13.1. The summed E-state index contributed by atoms with van der Waals surface area (Å²) in [6.45, 7) is 1.97. The van der Waals surface area contributed by atoms with Crippen molar-refractivity contribution >= 4 is 17.7 Å². The molecule has 1 saturated heterocycles. The second-order valence-corrected chi connectivity index (χ2v) is 8.03. The molecular formula is C22H20N2O3S. The van der Waals surface area contributed by atoms with Crippen molar-refractivity contribution in [3.8, 4) is 11.8 Å². The van der Waals surface area contributed by atoms with Gasteiger partial charge < -0.3 is 9.84 Å². The smallest absolute Gasteiger partial charge is 0.231 e. The maximum Gasteiger partial charge on any atom is 0.231 e. The topological polar surface area (TPSA) is 73.6 Å². The van der Waals surface area contributed by atoms with Gasteiger partial charge in [0.1, 0.15) is 5.75 Å². The zero-order valence-corrected chi connectivity index (χ0v) is 16.5. The number of allylic oxidation sites excluding steroid dienone is 1. The van der Waals surface area contributed by atoms with E-state index < -0.39 is 5.72 Å². The molecular weight excluding hydrogens is 372 g/mol. The molecule has 28 heavy (non-hydrogen) atoms. The molecule has 2 heterocycles. The molecule has 142 valence electrons. The number of fused-ring (bicyclic) bond motifs is 1. The molecule has 1 fully saturated rings. The number of thioether (sulfide) groups is 1. The van der Waals surface area contributed by atoms with Crippen LogP contribution in [0.25, 0.3) is 0 Å². The standard InChI is InChI=1S/C22H20N2O3S/c1-14-3-7-16(8-4-14)22(26)13-28-21-19(12-23)18(11-20(25)24(21)22)15-5-9-17(27-2)10-6-15/h3-10,18,26H,11,13H2,1-2H3. The van der Waals surface area contributed by atoms with E-state index in [1.807, 2.05) is 55.5 Å². The molecule has 0 bridgehead atoms. The fourth-order valence-corrected chi connectivity index (χ4v) is 5.14. The number of benzene rings is 2. The summed E-state index contributed by atoms with van der Waals surface area (Å²) in [6, 6.07) is 17.2. The third kappa shape index (κ3) is 2.88. The Bertz CT molecular complexity index is 992. The van der Waals surface area contributed by atoms with Crippen LogP contribution in [0, 0.1) is 18.3 Å². The Morgan fingerprint density at radius 1 is 1.21 bits per heavy atom. The van der Waals surface area contributed by atoms with Crippen molar-refractivity contribution in [2.75, 3.05) is 12.9 Å². The van der Waals surface area contributed by atoms with Crippen LogP contribution in [-0.4, -0.2) is 28.8 Å². The zero-order valence-electron chi connectivity index (χ0n) is 15.7. The molecule has 2 aromatic rings. The number of hydrogen-bond acceptors (Lipinski definition) is 5. The number of hydrogen-bond donors (Lipinski definition) is 1. The second-order valence-electron chi connectivity index (χ2n) is 7.06. The third-order valence-corrected chi connectivity index (χ3v) is 6.57. The van der Waals surface area contributed by atoms with Gasteiger partial charge in [0, 0.05) is 17.9 Å². The van der Waals surface area contributed by atoms with Gasteiger partial charge in [0.25, 0.3) is 0 Å². The number of nitrogens with zero attached hydrogens (tertiary/aromatic N) is 2. The minimum absolute atomic E-state index is 0.146. The molecule has 5 nitrogen and oxygen atoms in total. The molecule has 1 N–H and O–H groups in total. The van der Waals surface area contributed by atoms with E-state index in [4.69, 9.17) is 4.74 Å². The summed E-state index contributed by atoms with van der Waals surface area (Å²) in [4.78, 5) is 14.5. The van der Waals surface area contributed by atoms with Crippen molar-refractivity contribution in [3.63, 3.8) is 0 Å². The van der Waals surface area contributed by atoms with Crippen molar-refractivity contribution < 1.29 is 14.6 Å². The van der Waals surface area contributed by atoms with Crippen LogP contribution in [0.15, 0.2) is 59.1 Å². The Morgan fingerprint density at radius 3 is 2.50 bits per heavy atom. The molecule has 2 aliphatic heterocycles. The van der Waals surface area contributed by atoms with E-state index in [1.165, 1.54) is 16.7 Å². The van der Waals surface area contributed by atoms with Crippen LogP contribution in [0.2, 0.25) is 0 Å². The van der Waals surface area contributed by atoms with E-state index >= 15 is 0 Å². The highest BCUT2D eigenvalue weighted by molar-refractivity contribution is 8.03. The molecule has 2 unspecified atom stereocenters. The van der Waals surface area contributed by atoms with Gasteiger partial charge in [0.05, 0.1) is 29.5 Å². The number of amides is 1. The average molecular weight is 392 g/mol. The quantitative estimate of drug-likeness (QED) is 0.863. The van der Waals surface area contributed by atoms with Crippen LogP contribution in [-0.2, 0) is 10.5 Å². The maximum atomic E-state index is 13.1. The number of carbonyl (C=O) groups excluding carboxylic acids is 1. The van der Waals surface area contributed by atoms with Crippen molar-refractivity contribution in [2.24, 2.45) is 0 Å². The fourth-order valence-electron chi connectivity index (χ4n) is 3.78. The monoisotopic (exact) mass is 392 g/mol. The molecule has 0 aliphatic carbocycles. The summed E-state index contributed by atoms with van der Waals surface area (Å²) in [5.74, 6) is 0.533. The second kappa shape index (κ2) is 7.01. The van der Waals surface area contributed by atoms with Gasteiger partial charge in [0.2, 0.25) is 5.91 Å². The molecule has 1 amide bonds. The highest BCUT2D eigenvalue weighted by Crippen LogP contribution is 2.51. The van der Waals surface area contributed by atoms with Crippen LogP contribution in [0.4, 0.5) is 0 Å². The Morgan fingerprint density at radius 2 is 1.89 bits per heavy atom. The number of methoxy groups -OCH3 is 1. The number of nitriles is 1. The van der Waals surface area contributed by atoms with Crippen molar-refractivity contribution in [3.05, 3.63) is 75.8 Å². The fraction of sp³-hybridized carbons (Fsp3) is 0.273. The Hall–Kier alpha value is -2.75. The number of rotatable bonds is 3. The molecule has 2 atom stereocenters. The van der Waals surface area contributed by atoms with Gasteiger partial charge in [-0.2, -0.15) is 5.26 Å². The molecule has 0 aromatic heterocycles. The lowest BCUT2D eigenvalue weighted by molar-refractivity contribution is -0.149. The normalized spacial score (nSPS) is 24.1. The highest BCUT2D eigenvalue weighted by Gasteiger charge is 2.51. The predicted molar refractivity (Wildman–Crippen MR) is 107 cm³/mol. The lowest BCUT2D eigenvalue weighted by atomic mass is 9.85. The summed E-state index contributed by atoms with van der Waals surface area (Å²) in [5, 5.41) is 21.8. The van der Waals surface area contributed by atoms with Gasteiger partial charge in [-0.1, -0.05) is 42.0 Å². The Labute approximate surface area is 168 Å². The number of carbonyl (C=O) groups is 1. The number of aryl methyl sites for hydroxylation is 1. The van der Waals surface area contributed by atoms with Gasteiger partial charge >= 0.3 is 0 Å². The van der Waals surface area contributed by atoms with Gasteiger partial charge in [-0.05, 0) is 24.6 Å².